The molecule has 0 spiro atoms. The number of nitrogens with zero attached hydrogens (tertiary/aromatic N) is 2. The van der Waals surface area contributed by atoms with E-state index in [4.69, 9.17) is 0 Å². The van der Waals surface area contributed by atoms with Gasteiger partial charge in [0, 0.05) is 12.6 Å². The van der Waals surface area contributed by atoms with Gasteiger partial charge in [0.15, 0.2) is 17.5 Å². The first kappa shape index (κ1) is 16.5. The van der Waals surface area contributed by atoms with Crippen LogP contribution in [0.5, 0.6) is 0 Å². The third-order valence-corrected chi connectivity index (χ3v) is 4.78. The Morgan fingerprint density at radius 2 is 1.90 bits per heavy atom. The minimum absolute atomic E-state index is 0.0282. The highest BCUT2D eigenvalue weighted by molar-refractivity contribution is 14.1. The Kier molecular flexibility index (Phi) is 5.13. The molecule has 0 unspecified atom stereocenters. The Hall–Kier alpha value is -0.830. The van der Waals surface area contributed by atoms with Crippen molar-refractivity contribution in [2.45, 2.75) is 19.8 Å². The molecule has 0 amide bonds. The number of nitrogens with one attached hydrogen (secondary N) is 1. The summed E-state index contributed by atoms with van der Waals surface area (Å²) in [7, 11) is 1.76. The highest BCUT2D eigenvalue weighted by Crippen LogP contribution is 2.33. The molecule has 0 aliphatic heterocycles. The monoisotopic (exact) mass is 467 g/mol. The summed E-state index contributed by atoms with van der Waals surface area (Å²) in [6.45, 7) is 4.04. The smallest absolute Gasteiger partial charge is 0.173 e. The predicted octanol–water partition coefficient (Wildman–Crippen LogP) is 4.95. The second kappa shape index (κ2) is 6.51. The molecule has 2 aromatic rings. The van der Waals surface area contributed by atoms with Crippen LogP contribution in [0, 0.1) is 15.2 Å². The first-order valence-corrected chi connectivity index (χ1v) is 8.13. The van der Waals surface area contributed by atoms with Crippen LogP contribution in [0.15, 0.2) is 16.6 Å². The van der Waals surface area contributed by atoms with Gasteiger partial charge in [0.25, 0.3) is 0 Å². The van der Waals surface area contributed by atoms with Crippen LogP contribution < -0.4 is 5.32 Å². The van der Waals surface area contributed by atoms with Crippen LogP contribution in [0.25, 0.3) is 11.4 Å². The van der Waals surface area contributed by atoms with Crippen molar-refractivity contribution in [3.05, 3.63) is 37.5 Å². The summed E-state index contributed by atoms with van der Waals surface area (Å²) < 4.78 is 27.9. The quantitative estimate of drug-likeness (QED) is 0.512. The van der Waals surface area contributed by atoms with Crippen molar-refractivity contribution < 1.29 is 8.78 Å². The van der Waals surface area contributed by atoms with Crippen LogP contribution in [0.1, 0.15) is 25.5 Å². The first-order valence-electron chi connectivity index (χ1n) is 6.25. The van der Waals surface area contributed by atoms with E-state index in [1.54, 1.807) is 7.05 Å². The number of anilines is 1. The summed E-state index contributed by atoms with van der Waals surface area (Å²) in [6, 6.07) is 2.54. The van der Waals surface area contributed by atoms with E-state index in [0.717, 1.165) is 15.3 Å². The van der Waals surface area contributed by atoms with Crippen molar-refractivity contribution in [1.29, 1.82) is 0 Å². The van der Waals surface area contributed by atoms with Gasteiger partial charge in [-0.25, -0.2) is 18.7 Å². The van der Waals surface area contributed by atoms with E-state index in [1.165, 1.54) is 6.07 Å². The molecule has 1 heterocycles. The topological polar surface area (TPSA) is 37.8 Å². The minimum atomic E-state index is -0.938. The van der Waals surface area contributed by atoms with E-state index in [0.29, 0.717) is 17.2 Å². The third-order valence-electron chi connectivity index (χ3n) is 2.94. The predicted molar refractivity (Wildman–Crippen MR) is 91.4 cm³/mol. The molecule has 0 aliphatic rings. The molecule has 0 bridgehead atoms. The summed E-state index contributed by atoms with van der Waals surface area (Å²) in [4.78, 5) is 8.89. The van der Waals surface area contributed by atoms with E-state index in [9.17, 15) is 8.78 Å². The number of hydrogen-bond acceptors (Lipinski definition) is 3. The van der Waals surface area contributed by atoms with Crippen LogP contribution in [0.2, 0.25) is 0 Å². The standard InChI is InChI=1S/C14H13BrF2IN3/c1-6(2)12-11(18)14(19-3)21-13(20-12)7-4-5-8(16)10(17)9(7)15/h4-6H,1-3H3,(H,19,20,21). The van der Waals surface area contributed by atoms with Gasteiger partial charge < -0.3 is 5.32 Å². The Bertz CT molecular complexity index is 692. The van der Waals surface area contributed by atoms with Gasteiger partial charge in [0.05, 0.1) is 13.7 Å². The van der Waals surface area contributed by atoms with Gasteiger partial charge in [-0.15, -0.1) is 0 Å². The fraction of sp³-hybridized carbons (Fsp3) is 0.286. The third kappa shape index (κ3) is 3.18. The molecular weight excluding hydrogens is 455 g/mol. The highest BCUT2D eigenvalue weighted by atomic mass is 127. The summed E-state index contributed by atoms with van der Waals surface area (Å²) in [5.74, 6) is -0.634. The second-order valence-corrected chi connectivity index (χ2v) is 6.59. The van der Waals surface area contributed by atoms with E-state index >= 15 is 0 Å². The Morgan fingerprint density at radius 3 is 2.48 bits per heavy atom. The molecule has 1 aromatic carbocycles. The molecule has 112 valence electrons. The lowest BCUT2D eigenvalue weighted by Gasteiger charge is -2.14. The van der Waals surface area contributed by atoms with Gasteiger partial charge in [0.2, 0.25) is 0 Å². The largest absolute Gasteiger partial charge is 0.372 e. The van der Waals surface area contributed by atoms with Gasteiger partial charge in [-0.2, -0.15) is 0 Å². The molecule has 21 heavy (non-hydrogen) atoms. The summed E-state index contributed by atoms with van der Waals surface area (Å²) >= 11 is 5.26. The number of rotatable bonds is 3. The average Bonchev–Trinajstić information content (AvgIpc) is 2.45. The molecule has 1 aromatic heterocycles. The molecule has 0 fully saturated rings. The molecule has 0 aliphatic carbocycles. The van der Waals surface area contributed by atoms with Crippen molar-refractivity contribution in [3.63, 3.8) is 0 Å². The molecule has 1 N–H and O–H groups in total. The number of benzene rings is 1. The van der Waals surface area contributed by atoms with Crippen LogP contribution in [0.3, 0.4) is 0 Å². The Balaban J connectivity index is 2.70. The van der Waals surface area contributed by atoms with Gasteiger partial charge in [-0.3, -0.25) is 0 Å². The van der Waals surface area contributed by atoms with E-state index in [1.807, 2.05) is 13.8 Å². The van der Waals surface area contributed by atoms with Gasteiger partial charge in [-0.05, 0) is 56.6 Å². The van der Waals surface area contributed by atoms with E-state index in [-0.39, 0.29) is 10.4 Å². The molecule has 2 rings (SSSR count). The Morgan fingerprint density at radius 1 is 1.24 bits per heavy atom. The fourth-order valence-corrected chi connectivity index (χ4v) is 3.46. The van der Waals surface area contributed by atoms with Crippen molar-refractivity contribution in [1.82, 2.24) is 9.97 Å². The van der Waals surface area contributed by atoms with Crippen molar-refractivity contribution in [2.24, 2.45) is 0 Å². The van der Waals surface area contributed by atoms with Crippen LogP contribution in [-0.2, 0) is 0 Å². The van der Waals surface area contributed by atoms with Crippen molar-refractivity contribution in [2.75, 3.05) is 12.4 Å². The van der Waals surface area contributed by atoms with Crippen LogP contribution in [-0.4, -0.2) is 17.0 Å². The normalized spacial score (nSPS) is 11.0. The molecule has 0 saturated carbocycles. The molecule has 0 radical (unpaired) electrons. The molecular formula is C14H13BrF2IN3. The van der Waals surface area contributed by atoms with Gasteiger partial charge >= 0.3 is 0 Å². The number of hydrogen-bond donors (Lipinski definition) is 1. The van der Waals surface area contributed by atoms with E-state index in [2.05, 4.69) is 53.8 Å². The first-order chi connectivity index (χ1) is 9.86. The zero-order valence-electron chi connectivity index (χ0n) is 11.6. The maximum absolute atomic E-state index is 13.7. The van der Waals surface area contributed by atoms with E-state index < -0.39 is 11.6 Å². The summed E-state index contributed by atoms with van der Waals surface area (Å²) in [5, 5.41) is 3.00. The summed E-state index contributed by atoms with van der Waals surface area (Å²) in [6.07, 6.45) is 0. The van der Waals surface area contributed by atoms with Crippen LogP contribution >= 0.6 is 38.5 Å². The van der Waals surface area contributed by atoms with Crippen LogP contribution in [0.4, 0.5) is 14.6 Å². The second-order valence-electron chi connectivity index (χ2n) is 4.72. The van der Waals surface area contributed by atoms with Gasteiger partial charge in [-0.1, -0.05) is 13.8 Å². The highest BCUT2D eigenvalue weighted by Gasteiger charge is 2.19. The number of halogens is 4. The fourth-order valence-electron chi connectivity index (χ4n) is 1.83. The number of aromatic nitrogens is 2. The van der Waals surface area contributed by atoms with Gasteiger partial charge in [0.1, 0.15) is 5.82 Å². The van der Waals surface area contributed by atoms with Crippen molar-refractivity contribution >= 4 is 44.3 Å². The molecule has 0 saturated heterocycles. The lowest BCUT2D eigenvalue weighted by molar-refractivity contribution is 0.504. The van der Waals surface area contributed by atoms with Crippen molar-refractivity contribution in [3.8, 4) is 11.4 Å². The maximum atomic E-state index is 13.7. The molecule has 7 heteroatoms. The lowest BCUT2D eigenvalue weighted by Crippen LogP contribution is -2.07. The molecule has 0 atom stereocenters. The zero-order chi connectivity index (χ0) is 15.7. The Labute approximate surface area is 143 Å². The lowest BCUT2D eigenvalue weighted by atomic mass is 10.1. The molecule has 3 nitrogen and oxygen atoms in total. The zero-order valence-corrected chi connectivity index (χ0v) is 15.4. The SMILES string of the molecule is CNc1nc(-c2ccc(F)c(F)c2Br)nc(C(C)C)c1I. The minimum Gasteiger partial charge on any atom is -0.372 e. The average molecular weight is 468 g/mol. The summed E-state index contributed by atoms with van der Waals surface area (Å²) in [5.41, 5.74) is 1.28. The maximum Gasteiger partial charge on any atom is 0.173 e.